The summed E-state index contributed by atoms with van der Waals surface area (Å²) in [6, 6.07) is 6.27. The molecule has 0 atom stereocenters. The van der Waals surface area contributed by atoms with Gasteiger partial charge in [-0.15, -0.1) is 0 Å². The lowest BCUT2D eigenvalue weighted by atomic mass is 10.1. The zero-order valence-corrected chi connectivity index (χ0v) is 10.2. The van der Waals surface area contributed by atoms with Gasteiger partial charge in [0.2, 0.25) is 0 Å². The van der Waals surface area contributed by atoms with E-state index in [1.54, 1.807) is 32.0 Å². The lowest BCUT2D eigenvalue weighted by molar-refractivity contribution is 0.0519. The van der Waals surface area contributed by atoms with E-state index in [1.165, 1.54) is 6.07 Å². The number of carbonyl (C=O) groups is 1. The number of carbonyl (C=O) groups excluding carboxylic acids is 1. The minimum atomic E-state index is -0.449. The number of aryl methyl sites for hydroxylation is 1. The molecule has 0 spiro atoms. The van der Waals surface area contributed by atoms with Crippen LogP contribution in [-0.2, 0) is 4.74 Å². The molecule has 0 aliphatic carbocycles. The van der Waals surface area contributed by atoms with Gasteiger partial charge < -0.3 is 4.74 Å². The quantitative estimate of drug-likeness (QED) is 0.850. The number of halogens is 1. The van der Waals surface area contributed by atoms with Crippen molar-refractivity contribution in [1.29, 1.82) is 0 Å². The lowest BCUT2D eigenvalue weighted by Gasteiger charge is -1.99. The molecule has 1 aromatic carbocycles. The molecule has 0 saturated heterocycles. The molecule has 1 N–H and O–H groups in total. The molecule has 5 heteroatoms. The van der Waals surface area contributed by atoms with E-state index in [1.807, 2.05) is 0 Å². The molecule has 2 rings (SSSR count). The Balaban J connectivity index is 2.29. The maximum atomic E-state index is 13.1. The van der Waals surface area contributed by atoms with E-state index < -0.39 is 5.97 Å². The highest BCUT2D eigenvalue weighted by molar-refractivity contribution is 5.88. The third-order valence-corrected chi connectivity index (χ3v) is 2.53. The Bertz CT molecular complexity index is 578. The lowest BCUT2D eigenvalue weighted by Crippen LogP contribution is -2.04. The second kappa shape index (κ2) is 5.00. The van der Waals surface area contributed by atoms with Crippen LogP contribution in [0.5, 0.6) is 0 Å². The molecule has 2 aromatic rings. The highest BCUT2D eigenvalue weighted by Gasteiger charge is 2.12. The molecule has 0 amide bonds. The van der Waals surface area contributed by atoms with E-state index in [4.69, 9.17) is 4.74 Å². The number of hydrogen-bond acceptors (Lipinski definition) is 3. The van der Waals surface area contributed by atoms with Crippen molar-refractivity contribution in [3.63, 3.8) is 0 Å². The summed E-state index contributed by atoms with van der Waals surface area (Å²) in [5.41, 5.74) is 2.16. The maximum Gasteiger partial charge on any atom is 0.356 e. The predicted octanol–water partition coefficient (Wildman–Crippen LogP) is 2.70. The van der Waals surface area contributed by atoms with Crippen LogP contribution in [0.2, 0.25) is 0 Å². The van der Waals surface area contributed by atoms with Crippen molar-refractivity contribution >= 4 is 5.97 Å². The molecule has 0 unspecified atom stereocenters. The van der Waals surface area contributed by atoms with Crippen molar-refractivity contribution in [3.05, 3.63) is 41.3 Å². The van der Waals surface area contributed by atoms with Gasteiger partial charge in [-0.05, 0) is 43.7 Å². The fourth-order valence-electron chi connectivity index (χ4n) is 1.59. The number of H-pyrrole nitrogens is 1. The Morgan fingerprint density at radius 1 is 1.44 bits per heavy atom. The topological polar surface area (TPSA) is 55.0 Å². The van der Waals surface area contributed by atoms with Crippen LogP contribution in [0.25, 0.3) is 11.3 Å². The second-order valence-electron chi connectivity index (χ2n) is 3.85. The number of hydrogen-bond donors (Lipinski definition) is 1. The van der Waals surface area contributed by atoms with Gasteiger partial charge in [0.1, 0.15) is 11.5 Å². The number of nitrogens with one attached hydrogen (secondary N) is 1. The molecule has 0 bridgehead atoms. The van der Waals surface area contributed by atoms with E-state index in [0.717, 1.165) is 5.56 Å². The van der Waals surface area contributed by atoms with Gasteiger partial charge in [-0.1, -0.05) is 0 Å². The Morgan fingerprint density at radius 2 is 2.22 bits per heavy atom. The number of benzene rings is 1. The van der Waals surface area contributed by atoms with Gasteiger partial charge in [0.05, 0.1) is 12.3 Å². The highest BCUT2D eigenvalue weighted by atomic mass is 19.1. The normalized spacial score (nSPS) is 10.4. The van der Waals surface area contributed by atoms with E-state index in [0.29, 0.717) is 17.9 Å². The third kappa shape index (κ3) is 2.40. The summed E-state index contributed by atoms with van der Waals surface area (Å²) < 4.78 is 18.0. The highest BCUT2D eigenvalue weighted by Crippen LogP contribution is 2.20. The fourth-order valence-corrected chi connectivity index (χ4v) is 1.59. The zero-order valence-electron chi connectivity index (χ0n) is 10.2. The summed E-state index contributed by atoms with van der Waals surface area (Å²) in [6.45, 7) is 3.72. The molecule has 0 aliphatic rings. The first-order valence-electron chi connectivity index (χ1n) is 5.61. The Kier molecular flexibility index (Phi) is 3.41. The summed E-state index contributed by atoms with van der Waals surface area (Å²) in [4.78, 5) is 11.5. The first-order chi connectivity index (χ1) is 8.61. The number of nitrogens with zero attached hydrogens (tertiary/aromatic N) is 1. The van der Waals surface area contributed by atoms with Crippen molar-refractivity contribution in [1.82, 2.24) is 10.2 Å². The van der Waals surface area contributed by atoms with E-state index >= 15 is 0 Å². The standard InChI is InChI=1S/C13H13FN2O2/c1-3-18-13(17)12-7-11(15-16-12)9-4-5-10(14)8(2)6-9/h4-7H,3H2,1-2H3,(H,15,16). The third-order valence-electron chi connectivity index (χ3n) is 2.53. The molecule has 0 radical (unpaired) electrons. The van der Waals surface area contributed by atoms with Crippen molar-refractivity contribution in [2.24, 2.45) is 0 Å². The molecular formula is C13H13FN2O2. The van der Waals surface area contributed by atoms with Crippen LogP contribution >= 0.6 is 0 Å². The van der Waals surface area contributed by atoms with Gasteiger partial charge in [0.25, 0.3) is 0 Å². The number of ether oxygens (including phenoxy) is 1. The van der Waals surface area contributed by atoms with Crippen molar-refractivity contribution < 1.29 is 13.9 Å². The van der Waals surface area contributed by atoms with Crippen molar-refractivity contribution in [2.45, 2.75) is 13.8 Å². The van der Waals surface area contributed by atoms with Crippen LogP contribution in [0.4, 0.5) is 4.39 Å². The monoisotopic (exact) mass is 248 g/mol. The molecule has 1 aromatic heterocycles. The Morgan fingerprint density at radius 3 is 2.89 bits per heavy atom. The first-order valence-corrected chi connectivity index (χ1v) is 5.61. The number of rotatable bonds is 3. The average Bonchev–Trinajstić information content (AvgIpc) is 2.82. The smallest absolute Gasteiger partial charge is 0.356 e. The van der Waals surface area contributed by atoms with Crippen LogP contribution in [0.15, 0.2) is 24.3 Å². The largest absolute Gasteiger partial charge is 0.461 e. The summed E-state index contributed by atoms with van der Waals surface area (Å²) in [7, 11) is 0. The fraction of sp³-hybridized carbons (Fsp3) is 0.231. The summed E-state index contributed by atoms with van der Waals surface area (Å²) >= 11 is 0. The van der Waals surface area contributed by atoms with Gasteiger partial charge in [-0.3, -0.25) is 5.10 Å². The number of esters is 1. The summed E-state index contributed by atoms with van der Waals surface area (Å²) in [6.07, 6.45) is 0. The SMILES string of the molecule is CCOC(=O)c1cc(-c2ccc(F)c(C)c2)n[nH]1. The summed E-state index contributed by atoms with van der Waals surface area (Å²) in [5, 5.41) is 6.62. The van der Waals surface area contributed by atoms with Crippen LogP contribution in [-0.4, -0.2) is 22.8 Å². The molecule has 0 aliphatic heterocycles. The number of aromatic amines is 1. The average molecular weight is 248 g/mol. The van der Waals surface area contributed by atoms with Crippen molar-refractivity contribution in [2.75, 3.05) is 6.61 Å². The molecule has 0 fully saturated rings. The van der Waals surface area contributed by atoms with Gasteiger partial charge in [-0.25, -0.2) is 9.18 Å². The first kappa shape index (κ1) is 12.3. The predicted molar refractivity (Wildman–Crippen MR) is 64.7 cm³/mol. The summed E-state index contributed by atoms with van der Waals surface area (Å²) in [5.74, 6) is -0.713. The van der Waals surface area contributed by atoms with Gasteiger partial charge >= 0.3 is 5.97 Å². The Labute approximate surface area is 104 Å². The molecule has 4 nitrogen and oxygen atoms in total. The second-order valence-corrected chi connectivity index (χ2v) is 3.85. The van der Waals surface area contributed by atoms with E-state index in [-0.39, 0.29) is 11.5 Å². The molecule has 18 heavy (non-hydrogen) atoms. The van der Waals surface area contributed by atoms with Crippen LogP contribution in [0.1, 0.15) is 23.0 Å². The van der Waals surface area contributed by atoms with E-state index in [2.05, 4.69) is 10.2 Å². The van der Waals surface area contributed by atoms with Crippen LogP contribution in [0.3, 0.4) is 0 Å². The van der Waals surface area contributed by atoms with Crippen molar-refractivity contribution in [3.8, 4) is 11.3 Å². The molecule has 0 saturated carbocycles. The zero-order chi connectivity index (χ0) is 13.1. The molecule has 94 valence electrons. The van der Waals surface area contributed by atoms with Crippen LogP contribution < -0.4 is 0 Å². The minimum Gasteiger partial charge on any atom is -0.461 e. The molecule has 1 heterocycles. The van der Waals surface area contributed by atoms with Gasteiger partial charge in [0.15, 0.2) is 0 Å². The molecular weight excluding hydrogens is 235 g/mol. The minimum absolute atomic E-state index is 0.264. The van der Waals surface area contributed by atoms with Crippen LogP contribution in [0, 0.1) is 12.7 Å². The Hall–Kier alpha value is -2.17. The van der Waals surface area contributed by atoms with Gasteiger partial charge in [0, 0.05) is 5.56 Å². The van der Waals surface area contributed by atoms with Gasteiger partial charge in [-0.2, -0.15) is 5.10 Å². The van der Waals surface area contributed by atoms with E-state index in [9.17, 15) is 9.18 Å². The maximum absolute atomic E-state index is 13.1. The number of aromatic nitrogens is 2.